The zero-order chi connectivity index (χ0) is 17.6. The summed E-state index contributed by atoms with van der Waals surface area (Å²) in [6, 6.07) is 14.0. The first-order valence-corrected chi connectivity index (χ1v) is 8.50. The highest BCUT2D eigenvalue weighted by Crippen LogP contribution is 2.32. The van der Waals surface area contributed by atoms with E-state index in [0.717, 1.165) is 17.2 Å². The molecule has 2 rings (SSSR count). The predicted molar refractivity (Wildman–Crippen MR) is 98.5 cm³/mol. The van der Waals surface area contributed by atoms with Crippen LogP contribution in [0, 0.1) is 6.92 Å². The number of rotatable bonds is 7. The van der Waals surface area contributed by atoms with E-state index in [0.29, 0.717) is 19.8 Å². The van der Waals surface area contributed by atoms with Crippen LogP contribution in [0.5, 0.6) is 17.2 Å². The molecular weight excluding hydrogens is 300 g/mol. The van der Waals surface area contributed by atoms with Crippen LogP contribution in [-0.2, 0) is 5.41 Å². The van der Waals surface area contributed by atoms with E-state index < -0.39 is 0 Å². The first kappa shape index (κ1) is 18.2. The molecule has 0 aliphatic rings. The molecule has 0 aromatic heterocycles. The Hall–Kier alpha value is -2.16. The largest absolute Gasteiger partial charge is 0.490 e. The van der Waals surface area contributed by atoms with Crippen molar-refractivity contribution in [3.8, 4) is 17.2 Å². The summed E-state index contributed by atoms with van der Waals surface area (Å²) in [5.41, 5.74) is 2.51. The minimum absolute atomic E-state index is 0.0454. The van der Waals surface area contributed by atoms with E-state index in [9.17, 15) is 0 Å². The molecule has 0 atom stereocenters. The molecule has 0 saturated heterocycles. The van der Waals surface area contributed by atoms with Gasteiger partial charge >= 0.3 is 0 Å². The summed E-state index contributed by atoms with van der Waals surface area (Å²) in [6.07, 6.45) is 0. The number of aryl methyl sites for hydroxylation is 1. The van der Waals surface area contributed by atoms with E-state index in [4.69, 9.17) is 14.2 Å². The molecule has 0 saturated carbocycles. The lowest BCUT2D eigenvalue weighted by Crippen LogP contribution is -2.16. The summed E-state index contributed by atoms with van der Waals surface area (Å²) in [4.78, 5) is 0. The molecule has 0 spiro atoms. The van der Waals surface area contributed by atoms with E-state index in [1.54, 1.807) is 0 Å². The van der Waals surface area contributed by atoms with Gasteiger partial charge in [-0.15, -0.1) is 0 Å². The lowest BCUT2D eigenvalue weighted by molar-refractivity contribution is 0.206. The van der Waals surface area contributed by atoms with Crippen LogP contribution in [0.4, 0.5) is 0 Å². The molecule has 0 amide bonds. The Balaban J connectivity index is 1.96. The first-order valence-electron chi connectivity index (χ1n) is 8.50. The van der Waals surface area contributed by atoms with E-state index in [2.05, 4.69) is 39.8 Å². The summed E-state index contributed by atoms with van der Waals surface area (Å²) < 4.78 is 17.3. The molecule has 3 heteroatoms. The van der Waals surface area contributed by atoms with Crippen molar-refractivity contribution in [1.29, 1.82) is 0 Å². The Kier molecular flexibility index (Phi) is 6.13. The molecule has 0 unspecified atom stereocenters. The Labute approximate surface area is 145 Å². The molecule has 0 N–H and O–H groups in total. The Bertz CT molecular complexity index is 656. The van der Waals surface area contributed by atoms with Crippen LogP contribution >= 0.6 is 0 Å². The normalized spacial score (nSPS) is 11.2. The van der Waals surface area contributed by atoms with E-state index >= 15 is 0 Å². The molecule has 0 aliphatic carbocycles. The van der Waals surface area contributed by atoms with Crippen molar-refractivity contribution in [3.63, 3.8) is 0 Å². The van der Waals surface area contributed by atoms with E-state index in [1.165, 1.54) is 11.1 Å². The van der Waals surface area contributed by atoms with Gasteiger partial charge in [0.2, 0.25) is 0 Å². The molecule has 130 valence electrons. The fourth-order valence-electron chi connectivity index (χ4n) is 2.50. The van der Waals surface area contributed by atoms with Gasteiger partial charge in [-0.05, 0) is 43.0 Å². The molecular formula is C21H28O3. The van der Waals surface area contributed by atoms with Gasteiger partial charge in [-0.1, -0.05) is 50.6 Å². The standard InChI is InChI=1S/C21H28O3/c1-6-22-19-9-7-8-10-20(19)24-14-13-23-18-12-11-16(2)15-17(18)21(3,4)5/h7-12,15H,6,13-14H2,1-5H3. The second-order valence-electron chi connectivity index (χ2n) is 6.83. The number of hydrogen-bond acceptors (Lipinski definition) is 3. The third-order valence-electron chi connectivity index (χ3n) is 3.69. The Morgan fingerprint density at radius 3 is 1.96 bits per heavy atom. The summed E-state index contributed by atoms with van der Waals surface area (Å²) in [7, 11) is 0. The second kappa shape index (κ2) is 8.09. The van der Waals surface area contributed by atoms with Crippen molar-refractivity contribution >= 4 is 0 Å². The van der Waals surface area contributed by atoms with Crippen molar-refractivity contribution in [2.45, 2.75) is 40.0 Å². The van der Waals surface area contributed by atoms with Crippen molar-refractivity contribution in [1.82, 2.24) is 0 Å². The molecule has 2 aromatic carbocycles. The monoisotopic (exact) mass is 328 g/mol. The van der Waals surface area contributed by atoms with E-state index in [1.807, 2.05) is 37.3 Å². The maximum Gasteiger partial charge on any atom is 0.161 e. The van der Waals surface area contributed by atoms with Crippen LogP contribution in [0.15, 0.2) is 42.5 Å². The lowest BCUT2D eigenvalue weighted by atomic mass is 9.85. The maximum absolute atomic E-state index is 5.97. The molecule has 24 heavy (non-hydrogen) atoms. The molecule has 0 radical (unpaired) electrons. The van der Waals surface area contributed by atoms with Gasteiger partial charge in [-0.2, -0.15) is 0 Å². The quantitative estimate of drug-likeness (QED) is 0.658. The number of ether oxygens (including phenoxy) is 3. The van der Waals surface area contributed by atoms with Crippen molar-refractivity contribution in [3.05, 3.63) is 53.6 Å². The number of benzene rings is 2. The molecule has 3 nitrogen and oxygen atoms in total. The lowest BCUT2D eigenvalue weighted by Gasteiger charge is -2.23. The van der Waals surface area contributed by atoms with E-state index in [-0.39, 0.29) is 5.41 Å². The van der Waals surface area contributed by atoms with Gasteiger partial charge in [0, 0.05) is 0 Å². The van der Waals surface area contributed by atoms with Crippen molar-refractivity contribution < 1.29 is 14.2 Å². The third-order valence-corrected chi connectivity index (χ3v) is 3.69. The van der Waals surface area contributed by atoms with Crippen LogP contribution in [0.25, 0.3) is 0 Å². The number of hydrogen-bond donors (Lipinski definition) is 0. The zero-order valence-electron chi connectivity index (χ0n) is 15.4. The van der Waals surface area contributed by atoms with Gasteiger partial charge in [0.05, 0.1) is 6.61 Å². The maximum atomic E-state index is 5.97. The Morgan fingerprint density at radius 2 is 1.38 bits per heavy atom. The van der Waals surface area contributed by atoms with Crippen molar-refractivity contribution in [2.24, 2.45) is 0 Å². The minimum Gasteiger partial charge on any atom is -0.490 e. The Morgan fingerprint density at radius 1 is 0.792 bits per heavy atom. The van der Waals surface area contributed by atoms with Crippen molar-refractivity contribution in [2.75, 3.05) is 19.8 Å². The van der Waals surface area contributed by atoms with Crippen LogP contribution in [0.2, 0.25) is 0 Å². The van der Waals surface area contributed by atoms with Crippen LogP contribution < -0.4 is 14.2 Å². The topological polar surface area (TPSA) is 27.7 Å². The smallest absolute Gasteiger partial charge is 0.161 e. The van der Waals surface area contributed by atoms with Gasteiger partial charge in [0.1, 0.15) is 19.0 Å². The van der Waals surface area contributed by atoms with Crippen LogP contribution in [-0.4, -0.2) is 19.8 Å². The molecule has 0 heterocycles. The van der Waals surface area contributed by atoms with Gasteiger partial charge in [-0.25, -0.2) is 0 Å². The minimum atomic E-state index is 0.0454. The highest BCUT2D eigenvalue weighted by Gasteiger charge is 2.19. The number of para-hydroxylation sites is 2. The molecule has 0 bridgehead atoms. The molecule has 2 aromatic rings. The SMILES string of the molecule is CCOc1ccccc1OCCOc1ccc(C)cc1C(C)(C)C. The third kappa shape index (κ3) is 4.92. The first-order chi connectivity index (χ1) is 11.4. The van der Waals surface area contributed by atoms with Gasteiger partial charge < -0.3 is 14.2 Å². The summed E-state index contributed by atoms with van der Waals surface area (Å²) in [5, 5.41) is 0. The van der Waals surface area contributed by atoms with Gasteiger partial charge in [-0.3, -0.25) is 0 Å². The second-order valence-corrected chi connectivity index (χ2v) is 6.83. The fourth-order valence-corrected chi connectivity index (χ4v) is 2.50. The van der Waals surface area contributed by atoms with Crippen LogP contribution in [0.1, 0.15) is 38.8 Å². The van der Waals surface area contributed by atoms with Gasteiger partial charge in [0.15, 0.2) is 11.5 Å². The van der Waals surface area contributed by atoms with Crippen LogP contribution in [0.3, 0.4) is 0 Å². The predicted octanol–water partition coefficient (Wildman–Crippen LogP) is 5.15. The average molecular weight is 328 g/mol. The summed E-state index contributed by atoms with van der Waals surface area (Å²) >= 11 is 0. The highest BCUT2D eigenvalue weighted by molar-refractivity contribution is 5.41. The zero-order valence-corrected chi connectivity index (χ0v) is 15.4. The average Bonchev–Trinajstić information content (AvgIpc) is 2.53. The highest BCUT2D eigenvalue weighted by atomic mass is 16.5. The van der Waals surface area contributed by atoms with Gasteiger partial charge in [0.25, 0.3) is 0 Å². The molecule has 0 aliphatic heterocycles. The summed E-state index contributed by atoms with van der Waals surface area (Å²) in [6.45, 7) is 12.2. The molecule has 0 fully saturated rings. The fraction of sp³-hybridized carbons (Fsp3) is 0.429. The summed E-state index contributed by atoms with van der Waals surface area (Å²) in [5.74, 6) is 2.45.